The van der Waals surface area contributed by atoms with Crippen LogP contribution in [0, 0.1) is 5.41 Å². The predicted octanol–water partition coefficient (Wildman–Crippen LogP) is 3.84. The SMILES string of the molecule is CC(C)(C)CC(=O)NC(c1ccccc1)C(F)(F)F. The molecule has 106 valence electrons. The topological polar surface area (TPSA) is 29.1 Å². The summed E-state index contributed by atoms with van der Waals surface area (Å²) in [4.78, 5) is 11.7. The molecule has 1 amide bonds. The highest BCUT2D eigenvalue weighted by atomic mass is 19.4. The van der Waals surface area contributed by atoms with Crippen molar-refractivity contribution in [3.8, 4) is 0 Å². The highest BCUT2D eigenvalue weighted by Crippen LogP contribution is 2.33. The number of carbonyl (C=O) groups excluding carboxylic acids is 1. The summed E-state index contributed by atoms with van der Waals surface area (Å²) in [6, 6.07) is 5.43. The first kappa shape index (κ1) is 15.5. The average Bonchev–Trinajstić information content (AvgIpc) is 2.23. The monoisotopic (exact) mass is 273 g/mol. The quantitative estimate of drug-likeness (QED) is 0.890. The Hall–Kier alpha value is -1.52. The number of hydrogen-bond donors (Lipinski definition) is 1. The summed E-state index contributed by atoms with van der Waals surface area (Å²) >= 11 is 0. The van der Waals surface area contributed by atoms with Gasteiger partial charge in [0.1, 0.15) is 0 Å². The van der Waals surface area contributed by atoms with Crippen LogP contribution in [0.5, 0.6) is 0 Å². The third-order valence-electron chi connectivity index (χ3n) is 2.46. The van der Waals surface area contributed by atoms with E-state index in [1.807, 2.05) is 0 Å². The summed E-state index contributed by atoms with van der Waals surface area (Å²) in [7, 11) is 0. The van der Waals surface area contributed by atoms with Crippen LogP contribution in [-0.4, -0.2) is 12.1 Å². The average molecular weight is 273 g/mol. The van der Waals surface area contributed by atoms with Crippen molar-refractivity contribution in [2.75, 3.05) is 0 Å². The Kier molecular flexibility index (Phi) is 4.61. The number of halogens is 3. The zero-order chi connectivity index (χ0) is 14.7. The van der Waals surface area contributed by atoms with Crippen molar-refractivity contribution in [2.45, 2.75) is 39.4 Å². The third kappa shape index (κ3) is 5.32. The Morgan fingerprint density at radius 1 is 1.16 bits per heavy atom. The molecule has 0 fully saturated rings. The number of nitrogens with one attached hydrogen (secondary N) is 1. The van der Waals surface area contributed by atoms with Gasteiger partial charge in [-0.1, -0.05) is 51.1 Å². The van der Waals surface area contributed by atoms with Crippen molar-refractivity contribution in [1.82, 2.24) is 5.32 Å². The molecule has 0 saturated heterocycles. The first-order valence-electron chi connectivity index (χ1n) is 6.00. The lowest BCUT2D eigenvalue weighted by Gasteiger charge is -2.24. The van der Waals surface area contributed by atoms with Crippen molar-refractivity contribution in [2.24, 2.45) is 5.41 Å². The molecule has 0 aromatic heterocycles. The van der Waals surface area contributed by atoms with E-state index in [-0.39, 0.29) is 17.4 Å². The van der Waals surface area contributed by atoms with Crippen LogP contribution in [0.15, 0.2) is 30.3 Å². The lowest BCUT2D eigenvalue weighted by molar-refractivity contribution is -0.164. The first-order valence-corrected chi connectivity index (χ1v) is 6.00. The molecule has 19 heavy (non-hydrogen) atoms. The van der Waals surface area contributed by atoms with Crippen LogP contribution in [0.3, 0.4) is 0 Å². The summed E-state index contributed by atoms with van der Waals surface area (Å²) in [5.74, 6) is -0.598. The second kappa shape index (κ2) is 5.63. The fraction of sp³-hybridized carbons (Fsp3) is 0.500. The Morgan fingerprint density at radius 2 is 1.68 bits per heavy atom. The number of hydrogen-bond acceptors (Lipinski definition) is 1. The molecular weight excluding hydrogens is 255 g/mol. The second-order valence-corrected chi connectivity index (χ2v) is 5.69. The predicted molar refractivity (Wildman–Crippen MR) is 67.5 cm³/mol. The fourth-order valence-corrected chi connectivity index (χ4v) is 1.69. The van der Waals surface area contributed by atoms with Crippen molar-refractivity contribution in [3.05, 3.63) is 35.9 Å². The van der Waals surface area contributed by atoms with E-state index in [4.69, 9.17) is 0 Å². The maximum absolute atomic E-state index is 13.0. The molecule has 1 atom stereocenters. The zero-order valence-corrected chi connectivity index (χ0v) is 11.2. The lowest BCUT2D eigenvalue weighted by Crippen LogP contribution is -2.39. The fourth-order valence-electron chi connectivity index (χ4n) is 1.69. The molecule has 1 unspecified atom stereocenters. The van der Waals surface area contributed by atoms with Gasteiger partial charge in [-0.3, -0.25) is 4.79 Å². The molecule has 2 nitrogen and oxygen atoms in total. The van der Waals surface area contributed by atoms with Crippen LogP contribution in [0.2, 0.25) is 0 Å². The van der Waals surface area contributed by atoms with Gasteiger partial charge in [0.25, 0.3) is 0 Å². The Morgan fingerprint density at radius 3 is 2.11 bits per heavy atom. The third-order valence-corrected chi connectivity index (χ3v) is 2.46. The highest BCUT2D eigenvalue weighted by Gasteiger charge is 2.41. The van der Waals surface area contributed by atoms with E-state index >= 15 is 0 Å². The molecule has 1 N–H and O–H groups in total. The van der Waals surface area contributed by atoms with Gasteiger partial charge < -0.3 is 5.32 Å². The number of alkyl halides is 3. The molecule has 1 rings (SSSR count). The summed E-state index contributed by atoms with van der Waals surface area (Å²) in [6.07, 6.45) is -4.46. The maximum atomic E-state index is 13.0. The van der Waals surface area contributed by atoms with Crippen molar-refractivity contribution < 1.29 is 18.0 Å². The van der Waals surface area contributed by atoms with Gasteiger partial charge in [0.15, 0.2) is 6.04 Å². The summed E-state index contributed by atoms with van der Waals surface area (Å²) in [6.45, 7) is 5.41. The normalized spacial score (nSPS) is 14.0. The summed E-state index contributed by atoms with van der Waals surface area (Å²) in [5, 5.41) is 2.07. The lowest BCUT2D eigenvalue weighted by atomic mass is 9.91. The highest BCUT2D eigenvalue weighted by molar-refractivity contribution is 5.77. The van der Waals surface area contributed by atoms with Crippen LogP contribution < -0.4 is 5.32 Å². The molecule has 5 heteroatoms. The van der Waals surface area contributed by atoms with Crippen molar-refractivity contribution >= 4 is 5.91 Å². The van der Waals surface area contributed by atoms with Gasteiger partial charge in [0.05, 0.1) is 0 Å². The number of rotatable bonds is 3. The van der Waals surface area contributed by atoms with Gasteiger partial charge in [0.2, 0.25) is 5.91 Å². The van der Waals surface area contributed by atoms with Gasteiger partial charge in [-0.15, -0.1) is 0 Å². The van der Waals surface area contributed by atoms with Crippen LogP contribution in [0.4, 0.5) is 13.2 Å². The number of amides is 1. The minimum atomic E-state index is -4.51. The van der Waals surface area contributed by atoms with E-state index in [9.17, 15) is 18.0 Å². The molecular formula is C14H18F3NO. The molecule has 0 aliphatic heterocycles. The van der Waals surface area contributed by atoms with E-state index in [0.717, 1.165) is 0 Å². The Balaban J connectivity index is 2.87. The van der Waals surface area contributed by atoms with Crippen molar-refractivity contribution in [1.29, 1.82) is 0 Å². The smallest absolute Gasteiger partial charge is 0.341 e. The second-order valence-electron chi connectivity index (χ2n) is 5.69. The standard InChI is InChI=1S/C14H18F3NO/c1-13(2,3)9-11(19)18-12(14(15,16)17)10-7-5-4-6-8-10/h4-8,12H,9H2,1-3H3,(H,18,19). The van der Waals surface area contributed by atoms with Gasteiger partial charge >= 0.3 is 6.18 Å². The van der Waals surface area contributed by atoms with Crippen molar-refractivity contribution in [3.63, 3.8) is 0 Å². The molecule has 1 aromatic rings. The zero-order valence-electron chi connectivity index (χ0n) is 11.2. The summed E-state index contributed by atoms with van der Waals surface area (Å²) in [5.41, 5.74) is -0.311. The number of carbonyl (C=O) groups is 1. The van der Waals surface area contributed by atoms with E-state index in [0.29, 0.717) is 0 Å². The molecule has 0 saturated carbocycles. The van der Waals surface area contributed by atoms with Gasteiger partial charge in [-0.2, -0.15) is 13.2 Å². The molecule has 1 aromatic carbocycles. The Bertz CT molecular complexity index is 421. The maximum Gasteiger partial charge on any atom is 0.412 e. The van der Waals surface area contributed by atoms with Gasteiger partial charge in [0, 0.05) is 6.42 Å². The first-order chi connectivity index (χ1) is 8.59. The minimum Gasteiger partial charge on any atom is -0.341 e. The molecule has 0 heterocycles. The molecule has 0 aliphatic carbocycles. The molecule has 0 aliphatic rings. The molecule has 0 spiro atoms. The van der Waals surface area contributed by atoms with E-state index in [1.54, 1.807) is 26.8 Å². The minimum absolute atomic E-state index is 0.0391. The molecule has 0 bridgehead atoms. The Labute approximate surface area is 111 Å². The number of benzene rings is 1. The van der Waals surface area contributed by atoms with Gasteiger partial charge in [-0.25, -0.2) is 0 Å². The summed E-state index contributed by atoms with van der Waals surface area (Å²) < 4.78 is 39.0. The van der Waals surface area contributed by atoms with E-state index in [1.165, 1.54) is 24.3 Å². The largest absolute Gasteiger partial charge is 0.412 e. The van der Waals surface area contributed by atoms with Crippen LogP contribution in [0.25, 0.3) is 0 Å². The van der Waals surface area contributed by atoms with E-state index in [2.05, 4.69) is 5.32 Å². The van der Waals surface area contributed by atoms with Crippen LogP contribution in [0.1, 0.15) is 38.8 Å². The molecule has 0 radical (unpaired) electrons. The van der Waals surface area contributed by atoms with Crippen LogP contribution in [-0.2, 0) is 4.79 Å². The van der Waals surface area contributed by atoms with Gasteiger partial charge in [-0.05, 0) is 11.0 Å². The van der Waals surface area contributed by atoms with E-state index < -0.39 is 18.1 Å². The van der Waals surface area contributed by atoms with Crippen LogP contribution >= 0.6 is 0 Å².